The van der Waals surface area contributed by atoms with Gasteiger partial charge in [-0.2, -0.15) is 0 Å². The summed E-state index contributed by atoms with van der Waals surface area (Å²) in [6, 6.07) is -0.431. The highest BCUT2D eigenvalue weighted by atomic mass is 31.2. The number of amides is 2. The van der Waals surface area contributed by atoms with Crippen molar-refractivity contribution in [2.75, 3.05) is 39.3 Å². The van der Waals surface area contributed by atoms with E-state index in [4.69, 9.17) is 19.7 Å². The minimum absolute atomic E-state index is 0.0125. The van der Waals surface area contributed by atoms with Gasteiger partial charge in [0, 0.05) is 19.4 Å². The molecule has 2 amide bonds. The van der Waals surface area contributed by atoms with Crippen molar-refractivity contribution in [3.8, 4) is 0 Å². The Labute approximate surface area is 230 Å². The topological polar surface area (TPSA) is 144 Å². The van der Waals surface area contributed by atoms with Gasteiger partial charge in [-0.25, -0.2) is 4.79 Å². The second kappa shape index (κ2) is 22.8. The van der Waals surface area contributed by atoms with E-state index in [1.165, 1.54) is 94.6 Å². The summed E-state index contributed by atoms with van der Waals surface area (Å²) >= 11 is 0. The first kappa shape index (κ1) is 35.0. The number of rotatable bonds is 26. The number of hydrogen-bond acceptors (Lipinski definition) is 7. The molecule has 2 unspecified atom stereocenters. The zero-order valence-electron chi connectivity index (χ0n) is 23.6. The minimum atomic E-state index is -3.98. The molecule has 1 aliphatic rings. The number of nitrogens with zero attached hydrogens (tertiary/aromatic N) is 1. The van der Waals surface area contributed by atoms with Crippen molar-refractivity contribution in [2.45, 2.75) is 116 Å². The highest BCUT2D eigenvalue weighted by Gasteiger charge is 2.25. The quantitative estimate of drug-likeness (QED) is 0.0827. The SMILES string of the molecule is CCCCCCCCCCCCCCCCOCCCOP(=O)(O)CO[C@H](CO)CN1C=CC(N)NC1=O. The molecule has 0 fully saturated rings. The fourth-order valence-electron chi connectivity index (χ4n) is 4.17. The number of carbonyl (C=O) groups is 1. The molecule has 0 aromatic carbocycles. The van der Waals surface area contributed by atoms with E-state index in [9.17, 15) is 19.4 Å². The van der Waals surface area contributed by atoms with Crippen LogP contribution in [-0.2, 0) is 18.6 Å². The average Bonchev–Trinajstić information content (AvgIpc) is 2.89. The number of ether oxygens (including phenoxy) is 2. The Morgan fingerprint density at radius 3 is 2.05 bits per heavy atom. The van der Waals surface area contributed by atoms with E-state index in [1.807, 2.05) is 0 Å². The van der Waals surface area contributed by atoms with Crippen molar-refractivity contribution in [1.29, 1.82) is 0 Å². The van der Waals surface area contributed by atoms with Gasteiger partial charge >= 0.3 is 13.6 Å². The molecule has 3 atom stereocenters. The van der Waals surface area contributed by atoms with Crippen molar-refractivity contribution in [2.24, 2.45) is 5.73 Å². The van der Waals surface area contributed by atoms with Crippen molar-refractivity contribution >= 4 is 13.6 Å². The molecule has 10 nitrogen and oxygen atoms in total. The van der Waals surface area contributed by atoms with E-state index in [0.717, 1.165) is 6.42 Å². The van der Waals surface area contributed by atoms with E-state index in [1.54, 1.807) is 6.08 Å². The molecular formula is C27H54N3O7P. The smallest absolute Gasteiger partial charge is 0.353 e. The molecule has 0 bridgehead atoms. The summed E-state index contributed by atoms with van der Waals surface area (Å²) in [7, 11) is -3.98. The highest BCUT2D eigenvalue weighted by molar-refractivity contribution is 7.52. The summed E-state index contributed by atoms with van der Waals surface area (Å²) in [6.07, 6.45) is 20.1. The Bertz CT molecular complexity index is 669. The molecule has 1 aliphatic heterocycles. The van der Waals surface area contributed by atoms with Gasteiger partial charge in [0.25, 0.3) is 0 Å². The largest absolute Gasteiger partial charge is 0.394 e. The molecule has 5 N–H and O–H groups in total. The summed E-state index contributed by atoms with van der Waals surface area (Å²) in [6.45, 7) is 3.10. The van der Waals surface area contributed by atoms with Crippen LogP contribution in [-0.4, -0.2) is 72.5 Å². The summed E-state index contributed by atoms with van der Waals surface area (Å²) in [5.74, 6) is 0. The third-order valence-corrected chi connectivity index (χ3v) is 7.53. The fourth-order valence-corrected chi connectivity index (χ4v) is 5.06. The van der Waals surface area contributed by atoms with E-state index in [0.29, 0.717) is 19.6 Å². The van der Waals surface area contributed by atoms with E-state index < -0.39 is 38.9 Å². The van der Waals surface area contributed by atoms with Gasteiger partial charge in [0.15, 0.2) is 0 Å². The zero-order chi connectivity index (χ0) is 27.9. The fraction of sp³-hybridized carbons (Fsp3) is 0.889. The van der Waals surface area contributed by atoms with Crippen LogP contribution in [0.5, 0.6) is 0 Å². The molecular weight excluding hydrogens is 509 g/mol. The lowest BCUT2D eigenvalue weighted by Crippen LogP contribution is -2.51. The van der Waals surface area contributed by atoms with Gasteiger partial charge in [-0.05, 0) is 18.9 Å². The van der Waals surface area contributed by atoms with Crippen molar-refractivity contribution in [1.82, 2.24) is 10.2 Å². The third kappa shape index (κ3) is 19.1. The molecule has 38 heavy (non-hydrogen) atoms. The van der Waals surface area contributed by atoms with E-state index in [2.05, 4.69) is 12.2 Å². The monoisotopic (exact) mass is 563 g/mol. The third-order valence-electron chi connectivity index (χ3n) is 6.47. The lowest BCUT2D eigenvalue weighted by Gasteiger charge is -2.28. The lowest BCUT2D eigenvalue weighted by molar-refractivity contribution is 0.0164. The number of nitrogens with two attached hydrogens (primary N) is 1. The molecule has 224 valence electrons. The van der Waals surface area contributed by atoms with Gasteiger partial charge in [-0.1, -0.05) is 90.4 Å². The first-order valence-electron chi connectivity index (χ1n) is 14.7. The maximum Gasteiger partial charge on any atom is 0.353 e. The first-order chi connectivity index (χ1) is 18.4. The van der Waals surface area contributed by atoms with E-state index >= 15 is 0 Å². The summed E-state index contributed by atoms with van der Waals surface area (Å²) in [4.78, 5) is 23.1. The van der Waals surface area contributed by atoms with Crippen LogP contribution >= 0.6 is 7.60 Å². The number of carbonyl (C=O) groups excluding carboxylic acids is 1. The Kier molecular flexibility index (Phi) is 21.0. The Hall–Kier alpha value is -1.00. The van der Waals surface area contributed by atoms with Gasteiger partial charge in [0.05, 0.1) is 32.0 Å². The number of urea groups is 1. The molecule has 0 aromatic rings. The molecule has 0 spiro atoms. The summed E-state index contributed by atoms with van der Waals surface area (Å²) in [5, 5.41) is 12.0. The van der Waals surface area contributed by atoms with Gasteiger partial charge in [-0.15, -0.1) is 0 Å². The van der Waals surface area contributed by atoms with Crippen LogP contribution in [0.1, 0.15) is 103 Å². The van der Waals surface area contributed by atoms with Gasteiger partial charge in [-0.3, -0.25) is 9.46 Å². The summed E-state index contributed by atoms with van der Waals surface area (Å²) in [5.41, 5.74) is 5.59. The molecule has 0 saturated heterocycles. The van der Waals surface area contributed by atoms with Crippen LogP contribution in [0.2, 0.25) is 0 Å². The minimum Gasteiger partial charge on any atom is -0.394 e. The lowest BCUT2D eigenvalue weighted by atomic mass is 10.0. The van der Waals surface area contributed by atoms with Crippen LogP contribution in [0.25, 0.3) is 0 Å². The molecule has 0 saturated carbocycles. The van der Waals surface area contributed by atoms with E-state index in [-0.39, 0.29) is 13.2 Å². The first-order valence-corrected chi connectivity index (χ1v) is 16.4. The second-order valence-electron chi connectivity index (χ2n) is 10.1. The normalized spacial score (nSPS) is 17.9. The van der Waals surface area contributed by atoms with Gasteiger partial charge < -0.3 is 35.0 Å². The van der Waals surface area contributed by atoms with Crippen LogP contribution in [0.4, 0.5) is 4.79 Å². The Balaban J connectivity index is 1.92. The predicted octanol–water partition coefficient (Wildman–Crippen LogP) is 5.24. The van der Waals surface area contributed by atoms with Crippen molar-refractivity contribution < 1.29 is 33.4 Å². The number of hydrogen-bond donors (Lipinski definition) is 4. The number of nitrogens with one attached hydrogen (secondary N) is 1. The molecule has 1 rings (SSSR count). The van der Waals surface area contributed by atoms with Crippen LogP contribution in [0, 0.1) is 0 Å². The molecule has 0 radical (unpaired) electrons. The van der Waals surface area contributed by atoms with Crippen molar-refractivity contribution in [3.05, 3.63) is 12.3 Å². The van der Waals surface area contributed by atoms with Gasteiger partial charge in [0.1, 0.15) is 6.35 Å². The maximum atomic E-state index is 12.2. The predicted molar refractivity (Wildman–Crippen MR) is 151 cm³/mol. The average molecular weight is 564 g/mol. The van der Waals surface area contributed by atoms with Crippen molar-refractivity contribution in [3.63, 3.8) is 0 Å². The summed E-state index contributed by atoms with van der Waals surface area (Å²) < 4.78 is 28.2. The number of unbranched alkanes of at least 4 members (excludes halogenated alkanes) is 13. The maximum absolute atomic E-state index is 12.2. The van der Waals surface area contributed by atoms with Crippen LogP contribution in [0.15, 0.2) is 12.3 Å². The zero-order valence-corrected chi connectivity index (χ0v) is 24.5. The molecule has 1 heterocycles. The Morgan fingerprint density at radius 1 is 0.947 bits per heavy atom. The van der Waals surface area contributed by atoms with Gasteiger partial charge in [0.2, 0.25) is 0 Å². The molecule has 0 aliphatic carbocycles. The Morgan fingerprint density at radius 2 is 1.50 bits per heavy atom. The standard InChI is InChI=1S/C27H54N3O7P/c1-2-3-4-5-6-7-8-9-10-11-12-13-14-15-19-35-20-16-21-37-38(33,34)24-36-25(23-31)22-30-18-17-26(28)29-27(30)32/h17-18,25-26,31H,2-16,19-24,28H2,1H3,(H,29,32)(H,33,34)/t25-,26?/m0/s1. The highest BCUT2D eigenvalue weighted by Crippen LogP contribution is 2.42. The second-order valence-corrected chi connectivity index (χ2v) is 11.9. The van der Waals surface area contributed by atoms with Crippen LogP contribution in [0.3, 0.4) is 0 Å². The molecule has 0 aromatic heterocycles. The molecule has 11 heteroatoms. The van der Waals surface area contributed by atoms with Crippen LogP contribution < -0.4 is 11.1 Å². The number of aliphatic hydroxyl groups is 1. The number of aliphatic hydroxyl groups excluding tert-OH is 1.